The number of nitrogens with zero attached hydrogens (tertiary/aromatic N) is 1. The summed E-state index contributed by atoms with van der Waals surface area (Å²) >= 11 is 0. The molecule has 2 rings (SSSR count). The van der Waals surface area contributed by atoms with Crippen LogP contribution in [-0.2, 0) is 4.79 Å². The number of hydrogen-bond donors (Lipinski definition) is 1. The zero-order valence-electron chi connectivity index (χ0n) is 13.8. The Morgan fingerprint density at radius 3 is 2.77 bits per heavy atom. The lowest BCUT2D eigenvalue weighted by Gasteiger charge is -2.29. The molecule has 0 saturated carbocycles. The van der Waals surface area contributed by atoms with Crippen molar-refractivity contribution in [1.82, 2.24) is 4.90 Å². The molecule has 0 radical (unpaired) electrons. The molecular formula is C18H28N2O2. The molecule has 0 aliphatic carbocycles. The van der Waals surface area contributed by atoms with Gasteiger partial charge in [-0.2, -0.15) is 0 Å². The SMILES string of the molecule is CCCCOc1ccccc1NC(=O)CN1CCC(C)CC1. The van der Waals surface area contributed by atoms with Crippen molar-refractivity contribution < 1.29 is 9.53 Å². The van der Waals surface area contributed by atoms with Crippen LogP contribution in [0, 0.1) is 5.92 Å². The number of hydrogen-bond acceptors (Lipinski definition) is 3. The van der Waals surface area contributed by atoms with Gasteiger partial charge in [0.15, 0.2) is 0 Å². The maximum absolute atomic E-state index is 12.2. The lowest BCUT2D eigenvalue weighted by molar-refractivity contribution is -0.117. The predicted molar refractivity (Wildman–Crippen MR) is 90.3 cm³/mol. The van der Waals surface area contributed by atoms with Gasteiger partial charge in [0.05, 0.1) is 18.8 Å². The van der Waals surface area contributed by atoms with Crippen molar-refractivity contribution in [3.05, 3.63) is 24.3 Å². The summed E-state index contributed by atoms with van der Waals surface area (Å²) in [5.41, 5.74) is 0.772. The molecule has 1 N–H and O–H groups in total. The molecule has 1 heterocycles. The average Bonchev–Trinajstić information content (AvgIpc) is 2.51. The summed E-state index contributed by atoms with van der Waals surface area (Å²) in [5.74, 6) is 1.59. The number of para-hydroxylation sites is 2. The summed E-state index contributed by atoms with van der Waals surface area (Å²) in [4.78, 5) is 14.5. The van der Waals surface area contributed by atoms with Crippen LogP contribution in [0.25, 0.3) is 0 Å². The topological polar surface area (TPSA) is 41.6 Å². The number of benzene rings is 1. The average molecular weight is 304 g/mol. The molecule has 0 atom stereocenters. The highest BCUT2D eigenvalue weighted by atomic mass is 16.5. The fourth-order valence-corrected chi connectivity index (χ4v) is 2.64. The minimum atomic E-state index is 0.0427. The molecule has 4 nitrogen and oxygen atoms in total. The van der Waals surface area contributed by atoms with E-state index in [1.807, 2.05) is 24.3 Å². The van der Waals surface area contributed by atoms with Crippen LogP contribution in [-0.4, -0.2) is 37.0 Å². The Morgan fingerprint density at radius 1 is 1.32 bits per heavy atom. The quantitative estimate of drug-likeness (QED) is 0.783. The minimum absolute atomic E-state index is 0.0427. The number of nitrogens with one attached hydrogen (secondary N) is 1. The molecule has 0 unspecified atom stereocenters. The van der Waals surface area contributed by atoms with E-state index in [0.29, 0.717) is 13.2 Å². The Balaban J connectivity index is 1.85. The molecule has 122 valence electrons. The third-order valence-electron chi connectivity index (χ3n) is 4.16. The second-order valence-electron chi connectivity index (χ2n) is 6.21. The first kappa shape index (κ1) is 16.8. The van der Waals surface area contributed by atoms with Gasteiger partial charge in [0, 0.05) is 0 Å². The standard InChI is InChI=1S/C18H28N2O2/c1-3-4-13-22-17-8-6-5-7-16(17)19-18(21)14-20-11-9-15(2)10-12-20/h5-8,15H,3-4,9-14H2,1-2H3,(H,19,21). The maximum atomic E-state index is 12.2. The Bertz CT molecular complexity index is 468. The van der Waals surface area contributed by atoms with Crippen LogP contribution >= 0.6 is 0 Å². The highest BCUT2D eigenvalue weighted by Crippen LogP contribution is 2.24. The van der Waals surface area contributed by atoms with E-state index >= 15 is 0 Å². The van der Waals surface area contributed by atoms with Gasteiger partial charge in [0.1, 0.15) is 5.75 Å². The zero-order chi connectivity index (χ0) is 15.8. The van der Waals surface area contributed by atoms with Crippen molar-refractivity contribution in [2.45, 2.75) is 39.5 Å². The van der Waals surface area contributed by atoms with Gasteiger partial charge in [0.2, 0.25) is 5.91 Å². The highest BCUT2D eigenvalue weighted by Gasteiger charge is 2.18. The van der Waals surface area contributed by atoms with Gasteiger partial charge < -0.3 is 10.1 Å². The van der Waals surface area contributed by atoms with E-state index < -0.39 is 0 Å². The van der Waals surface area contributed by atoms with E-state index in [1.165, 1.54) is 12.8 Å². The lowest BCUT2D eigenvalue weighted by Crippen LogP contribution is -2.38. The molecule has 1 saturated heterocycles. The smallest absolute Gasteiger partial charge is 0.238 e. The second-order valence-corrected chi connectivity index (χ2v) is 6.21. The summed E-state index contributed by atoms with van der Waals surface area (Å²) in [6, 6.07) is 7.67. The molecule has 0 bridgehead atoms. The van der Waals surface area contributed by atoms with Crippen LogP contribution in [0.2, 0.25) is 0 Å². The van der Waals surface area contributed by atoms with E-state index in [0.717, 1.165) is 43.3 Å². The monoisotopic (exact) mass is 304 g/mol. The molecule has 1 aromatic carbocycles. The van der Waals surface area contributed by atoms with Crippen LogP contribution in [0.4, 0.5) is 5.69 Å². The Kier molecular flexibility index (Phi) is 6.72. The molecular weight excluding hydrogens is 276 g/mol. The molecule has 1 aliphatic heterocycles. The largest absolute Gasteiger partial charge is 0.491 e. The van der Waals surface area contributed by atoms with E-state index in [-0.39, 0.29) is 5.91 Å². The van der Waals surface area contributed by atoms with E-state index in [2.05, 4.69) is 24.1 Å². The van der Waals surface area contributed by atoms with E-state index in [9.17, 15) is 4.79 Å². The molecule has 0 aromatic heterocycles. The fraction of sp³-hybridized carbons (Fsp3) is 0.611. The Labute approximate surface area is 133 Å². The molecule has 1 fully saturated rings. The van der Waals surface area contributed by atoms with Gasteiger partial charge >= 0.3 is 0 Å². The normalized spacial score (nSPS) is 16.5. The summed E-state index contributed by atoms with van der Waals surface area (Å²) in [7, 11) is 0. The second kappa shape index (κ2) is 8.79. The van der Waals surface area contributed by atoms with Crippen molar-refractivity contribution in [3.63, 3.8) is 0 Å². The van der Waals surface area contributed by atoms with Gasteiger partial charge in [-0.15, -0.1) is 0 Å². The van der Waals surface area contributed by atoms with E-state index in [4.69, 9.17) is 4.74 Å². The number of carbonyl (C=O) groups excluding carboxylic acids is 1. The number of unbranched alkanes of at least 4 members (excludes halogenated alkanes) is 1. The van der Waals surface area contributed by atoms with Gasteiger partial charge in [-0.05, 0) is 50.4 Å². The van der Waals surface area contributed by atoms with Gasteiger partial charge in [-0.25, -0.2) is 0 Å². The minimum Gasteiger partial charge on any atom is -0.491 e. The summed E-state index contributed by atoms with van der Waals surface area (Å²) < 4.78 is 5.75. The molecule has 4 heteroatoms. The number of carbonyl (C=O) groups is 1. The number of rotatable bonds is 7. The number of likely N-dealkylation sites (tertiary alicyclic amines) is 1. The molecule has 1 aliphatic rings. The number of anilines is 1. The van der Waals surface area contributed by atoms with Crippen molar-refractivity contribution in [2.75, 3.05) is 31.6 Å². The summed E-state index contributed by atoms with van der Waals surface area (Å²) in [5, 5.41) is 2.99. The van der Waals surface area contributed by atoms with Crippen LogP contribution in [0.5, 0.6) is 5.75 Å². The number of piperidine rings is 1. The predicted octanol–water partition coefficient (Wildman–Crippen LogP) is 3.54. The molecule has 1 amide bonds. The van der Waals surface area contributed by atoms with Crippen LogP contribution in [0.3, 0.4) is 0 Å². The zero-order valence-corrected chi connectivity index (χ0v) is 13.8. The first-order valence-electron chi connectivity index (χ1n) is 8.43. The molecule has 22 heavy (non-hydrogen) atoms. The van der Waals surface area contributed by atoms with E-state index in [1.54, 1.807) is 0 Å². The number of amides is 1. The van der Waals surface area contributed by atoms with Crippen molar-refractivity contribution in [1.29, 1.82) is 0 Å². The van der Waals surface area contributed by atoms with Crippen LogP contribution < -0.4 is 10.1 Å². The fourth-order valence-electron chi connectivity index (χ4n) is 2.64. The first-order valence-corrected chi connectivity index (χ1v) is 8.43. The first-order chi connectivity index (χ1) is 10.7. The van der Waals surface area contributed by atoms with Crippen molar-refractivity contribution >= 4 is 11.6 Å². The summed E-state index contributed by atoms with van der Waals surface area (Å²) in [6.45, 7) is 7.60. The number of ether oxygens (including phenoxy) is 1. The third kappa shape index (κ3) is 5.34. The van der Waals surface area contributed by atoms with Gasteiger partial charge in [-0.1, -0.05) is 32.4 Å². The lowest BCUT2D eigenvalue weighted by atomic mass is 9.99. The Morgan fingerprint density at radius 2 is 2.05 bits per heavy atom. The molecule has 1 aromatic rings. The summed E-state index contributed by atoms with van der Waals surface area (Å²) in [6.07, 6.45) is 4.49. The van der Waals surface area contributed by atoms with Gasteiger partial charge in [-0.3, -0.25) is 9.69 Å². The Hall–Kier alpha value is -1.55. The van der Waals surface area contributed by atoms with Gasteiger partial charge in [0.25, 0.3) is 0 Å². The van der Waals surface area contributed by atoms with Crippen LogP contribution in [0.15, 0.2) is 24.3 Å². The molecule has 0 spiro atoms. The van der Waals surface area contributed by atoms with Crippen molar-refractivity contribution in [2.24, 2.45) is 5.92 Å². The maximum Gasteiger partial charge on any atom is 0.238 e. The van der Waals surface area contributed by atoms with Crippen LogP contribution in [0.1, 0.15) is 39.5 Å². The third-order valence-corrected chi connectivity index (χ3v) is 4.16. The highest BCUT2D eigenvalue weighted by molar-refractivity contribution is 5.93. The van der Waals surface area contributed by atoms with Crippen molar-refractivity contribution in [3.8, 4) is 5.75 Å².